The van der Waals surface area contributed by atoms with E-state index in [0.717, 1.165) is 30.0 Å². The molecular weight excluding hydrogens is 456 g/mol. The highest BCUT2D eigenvalue weighted by Gasteiger charge is 2.21. The molecule has 0 bridgehead atoms. The molecule has 1 fully saturated rings. The van der Waals surface area contributed by atoms with Gasteiger partial charge < -0.3 is 14.7 Å². The fourth-order valence-electron chi connectivity index (χ4n) is 4.16. The Kier molecular flexibility index (Phi) is 6.26. The van der Waals surface area contributed by atoms with E-state index in [-0.39, 0.29) is 11.3 Å². The predicted octanol–water partition coefficient (Wildman–Crippen LogP) is 4.56. The van der Waals surface area contributed by atoms with Crippen molar-refractivity contribution in [2.75, 3.05) is 23.3 Å². The van der Waals surface area contributed by atoms with E-state index in [2.05, 4.69) is 41.7 Å². The zero-order valence-corrected chi connectivity index (χ0v) is 21.0. The first-order valence-electron chi connectivity index (χ1n) is 12.2. The Bertz CT molecular complexity index is 1380. The van der Waals surface area contributed by atoms with Crippen molar-refractivity contribution in [1.29, 1.82) is 0 Å². The number of nitrogens with one attached hydrogen (secondary N) is 1. The molecular formula is C26H30N8O2. The minimum atomic E-state index is -0.337. The average molecular weight is 487 g/mol. The summed E-state index contributed by atoms with van der Waals surface area (Å²) < 4.78 is 6.99. The molecule has 0 saturated carbocycles. The number of aryl methyl sites for hydroxylation is 1. The van der Waals surface area contributed by atoms with Crippen LogP contribution >= 0.6 is 0 Å². The molecule has 0 aromatic carbocycles. The number of hydrogen-bond donors (Lipinski definition) is 1. The van der Waals surface area contributed by atoms with Crippen LogP contribution in [0.25, 0.3) is 16.9 Å². The van der Waals surface area contributed by atoms with Gasteiger partial charge in [-0.3, -0.25) is 14.8 Å². The van der Waals surface area contributed by atoms with Crippen LogP contribution in [-0.2, 0) is 5.41 Å². The number of amides is 1. The summed E-state index contributed by atoms with van der Waals surface area (Å²) in [7, 11) is 0. The summed E-state index contributed by atoms with van der Waals surface area (Å²) in [6.07, 6.45) is 10.7. The van der Waals surface area contributed by atoms with Gasteiger partial charge in [0.25, 0.3) is 5.91 Å². The number of rotatable bonds is 5. The second kappa shape index (κ2) is 9.52. The van der Waals surface area contributed by atoms with E-state index in [1.165, 1.54) is 25.5 Å². The van der Waals surface area contributed by atoms with Crippen molar-refractivity contribution in [3.8, 4) is 16.9 Å². The summed E-state index contributed by atoms with van der Waals surface area (Å²) in [6, 6.07) is 5.57. The van der Waals surface area contributed by atoms with Crippen LogP contribution in [0.1, 0.15) is 61.8 Å². The molecule has 1 saturated heterocycles. The van der Waals surface area contributed by atoms with Crippen molar-refractivity contribution in [1.82, 2.24) is 30.1 Å². The molecule has 5 heterocycles. The van der Waals surface area contributed by atoms with E-state index in [4.69, 9.17) is 4.52 Å². The summed E-state index contributed by atoms with van der Waals surface area (Å²) in [4.78, 5) is 24.1. The zero-order valence-electron chi connectivity index (χ0n) is 21.0. The molecule has 1 N–H and O–H groups in total. The summed E-state index contributed by atoms with van der Waals surface area (Å²) in [5.74, 6) is 0.710. The van der Waals surface area contributed by atoms with E-state index < -0.39 is 0 Å². The molecule has 1 aliphatic heterocycles. The summed E-state index contributed by atoms with van der Waals surface area (Å²) >= 11 is 0. The lowest BCUT2D eigenvalue weighted by molar-refractivity contribution is 0.102. The number of carbonyl (C=O) groups excluding carboxylic acids is 1. The normalized spacial score (nSPS) is 14.2. The van der Waals surface area contributed by atoms with Crippen LogP contribution < -0.4 is 10.2 Å². The Labute approximate surface area is 209 Å². The van der Waals surface area contributed by atoms with Crippen LogP contribution in [0.3, 0.4) is 0 Å². The van der Waals surface area contributed by atoms with Gasteiger partial charge in [-0.1, -0.05) is 31.1 Å². The largest absolute Gasteiger partial charge is 0.370 e. The number of aromatic nitrogens is 6. The predicted molar refractivity (Wildman–Crippen MR) is 136 cm³/mol. The Morgan fingerprint density at radius 3 is 2.61 bits per heavy atom. The van der Waals surface area contributed by atoms with Crippen LogP contribution in [0.5, 0.6) is 0 Å². The quantitative estimate of drug-likeness (QED) is 0.437. The highest BCUT2D eigenvalue weighted by molar-refractivity contribution is 6.03. The number of nitrogens with zero attached hydrogens (tertiary/aromatic N) is 7. The van der Waals surface area contributed by atoms with Crippen molar-refractivity contribution >= 4 is 17.4 Å². The smallest absolute Gasteiger partial charge is 0.258 e. The monoisotopic (exact) mass is 486 g/mol. The maximum atomic E-state index is 12.9. The Morgan fingerprint density at radius 2 is 1.86 bits per heavy atom. The van der Waals surface area contributed by atoms with E-state index in [1.54, 1.807) is 23.0 Å². The van der Waals surface area contributed by atoms with E-state index in [0.29, 0.717) is 28.5 Å². The molecule has 5 rings (SSSR count). The van der Waals surface area contributed by atoms with Crippen LogP contribution in [0.4, 0.5) is 11.5 Å². The fraction of sp³-hybridized carbons (Fsp3) is 0.385. The van der Waals surface area contributed by atoms with Crippen LogP contribution in [0.2, 0.25) is 0 Å². The lowest BCUT2D eigenvalue weighted by Crippen LogP contribution is -2.29. The van der Waals surface area contributed by atoms with E-state index in [9.17, 15) is 4.79 Å². The molecule has 0 unspecified atom stereocenters. The summed E-state index contributed by atoms with van der Waals surface area (Å²) in [5, 5.41) is 15.4. The maximum absolute atomic E-state index is 12.9. The Balaban J connectivity index is 1.36. The highest BCUT2D eigenvalue weighted by atomic mass is 16.5. The molecule has 0 atom stereocenters. The SMILES string of the molecule is Cc1ncc(C(=O)Nc2cc(C(C)(C)C)on2)cc1-n1cc(-c2cncc(N3CCCCC3)c2)nn1. The van der Waals surface area contributed by atoms with Crippen molar-refractivity contribution in [2.24, 2.45) is 0 Å². The van der Waals surface area contributed by atoms with Crippen molar-refractivity contribution in [2.45, 2.75) is 52.4 Å². The van der Waals surface area contributed by atoms with Gasteiger partial charge in [0.2, 0.25) is 0 Å². The van der Waals surface area contributed by atoms with Gasteiger partial charge in [0.15, 0.2) is 5.82 Å². The van der Waals surface area contributed by atoms with Gasteiger partial charge >= 0.3 is 0 Å². The van der Waals surface area contributed by atoms with Gasteiger partial charge in [0.1, 0.15) is 11.5 Å². The Hall–Kier alpha value is -4.08. The van der Waals surface area contributed by atoms with Crippen molar-refractivity contribution in [3.63, 3.8) is 0 Å². The van der Waals surface area contributed by atoms with Gasteiger partial charge in [0.05, 0.1) is 35.0 Å². The number of hydrogen-bond acceptors (Lipinski definition) is 8. The number of anilines is 2. The fourth-order valence-corrected chi connectivity index (χ4v) is 4.16. The number of carbonyl (C=O) groups is 1. The van der Waals surface area contributed by atoms with Crippen molar-refractivity contribution in [3.05, 3.63) is 60.0 Å². The zero-order chi connectivity index (χ0) is 25.3. The van der Waals surface area contributed by atoms with Gasteiger partial charge in [0, 0.05) is 42.5 Å². The van der Waals surface area contributed by atoms with Gasteiger partial charge in [-0.05, 0) is 38.3 Å². The molecule has 4 aromatic rings. The first-order valence-corrected chi connectivity index (χ1v) is 12.2. The molecule has 0 spiro atoms. The second-order valence-corrected chi connectivity index (χ2v) is 10.1. The third-order valence-corrected chi connectivity index (χ3v) is 6.29. The molecule has 0 aliphatic carbocycles. The van der Waals surface area contributed by atoms with Crippen LogP contribution in [0, 0.1) is 6.92 Å². The highest BCUT2D eigenvalue weighted by Crippen LogP contribution is 2.26. The number of piperidine rings is 1. The van der Waals surface area contributed by atoms with Gasteiger partial charge in [-0.15, -0.1) is 5.10 Å². The Morgan fingerprint density at radius 1 is 1.06 bits per heavy atom. The first kappa shape index (κ1) is 23.7. The minimum absolute atomic E-state index is 0.206. The molecule has 1 aliphatic rings. The third kappa shape index (κ3) is 4.98. The van der Waals surface area contributed by atoms with Gasteiger partial charge in [-0.25, -0.2) is 4.68 Å². The molecule has 10 heteroatoms. The standard InChI is InChI=1S/C26H30N8O2/c1-17-22(11-19(14-28-17)25(35)29-24-12-23(36-31-24)26(2,3)4)34-16-21(30-32-34)18-10-20(15-27-13-18)33-8-6-5-7-9-33/h10-16H,5-9H2,1-4H3,(H,29,31,35). The molecule has 36 heavy (non-hydrogen) atoms. The first-order chi connectivity index (χ1) is 17.3. The summed E-state index contributed by atoms with van der Waals surface area (Å²) in [6.45, 7) is 10.0. The molecule has 186 valence electrons. The third-order valence-electron chi connectivity index (χ3n) is 6.29. The van der Waals surface area contributed by atoms with Crippen molar-refractivity contribution < 1.29 is 9.32 Å². The summed E-state index contributed by atoms with van der Waals surface area (Å²) in [5.41, 5.74) is 4.25. The molecule has 1 amide bonds. The number of pyridine rings is 2. The van der Waals surface area contributed by atoms with Crippen LogP contribution in [-0.4, -0.2) is 49.1 Å². The molecule has 0 radical (unpaired) electrons. The minimum Gasteiger partial charge on any atom is -0.370 e. The average Bonchev–Trinajstić information content (AvgIpc) is 3.55. The van der Waals surface area contributed by atoms with E-state index in [1.807, 2.05) is 40.1 Å². The molecule has 4 aromatic heterocycles. The van der Waals surface area contributed by atoms with Gasteiger partial charge in [-0.2, -0.15) is 0 Å². The van der Waals surface area contributed by atoms with Crippen LogP contribution in [0.15, 0.2) is 47.5 Å². The second-order valence-electron chi connectivity index (χ2n) is 10.1. The lowest BCUT2D eigenvalue weighted by atomic mass is 9.93. The lowest BCUT2D eigenvalue weighted by Gasteiger charge is -2.28. The maximum Gasteiger partial charge on any atom is 0.258 e. The molecule has 10 nitrogen and oxygen atoms in total. The van der Waals surface area contributed by atoms with E-state index >= 15 is 0 Å². The topological polar surface area (TPSA) is 115 Å².